The Morgan fingerprint density at radius 2 is 1.79 bits per heavy atom. The van der Waals surface area contributed by atoms with Gasteiger partial charge in [0.05, 0.1) is 0 Å². The molecule has 0 bridgehead atoms. The lowest BCUT2D eigenvalue weighted by Crippen LogP contribution is -2.24. The van der Waals surface area contributed by atoms with E-state index in [0.29, 0.717) is 11.1 Å². The molecule has 4 nitrogen and oxygen atoms in total. The molecule has 4 heteroatoms. The highest BCUT2D eigenvalue weighted by Crippen LogP contribution is 2.22. The van der Waals surface area contributed by atoms with Crippen molar-refractivity contribution in [3.05, 3.63) is 80.7 Å². The van der Waals surface area contributed by atoms with E-state index < -0.39 is 5.63 Å². The molecule has 0 saturated carbocycles. The quantitative estimate of drug-likeness (QED) is 0.749. The highest BCUT2D eigenvalue weighted by Gasteiger charge is 2.12. The predicted octanol–water partition coefficient (Wildman–Crippen LogP) is 3.65. The summed E-state index contributed by atoms with van der Waals surface area (Å²) in [7, 11) is 0. The van der Waals surface area contributed by atoms with E-state index in [0.717, 1.165) is 27.6 Å². The Kier molecular flexibility index (Phi) is 4.21. The summed E-state index contributed by atoms with van der Waals surface area (Å²) in [5.41, 5.74) is 4.48. The summed E-state index contributed by atoms with van der Waals surface area (Å²) < 4.78 is 5.33. The van der Waals surface area contributed by atoms with E-state index in [9.17, 15) is 9.59 Å². The van der Waals surface area contributed by atoms with Gasteiger partial charge in [-0.3, -0.25) is 4.79 Å². The van der Waals surface area contributed by atoms with Crippen molar-refractivity contribution in [2.45, 2.75) is 27.3 Å². The summed E-state index contributed by atoms with van der Waals surface area (Å²) in [6.45, 7) is 6.08. The van der Waals surface area contributed by atoms with Gasteiger partial charge in [-0.25, -0.2) is 4.79 Å². The van der Waals surface area contributed by atoms with Crippen molar-refractivity contribution in [1.29, 1.82) is 0 Å². The molecular weight excluding hydrogens is 302 g/mol. The van der Waals surface area contributed by atoms with E-state index in [1.54, 1.807) is 6.07 Å². The molecule has 2 aromatic carbocycles. The first-order valence-corrected chi connectivity index (χ1v) is 7.83. The zero-order valence-electron chi connectivity index (χ0n) is 14.0. The van der Waals surface area contributed by atoms with Gasteiger partial charge in [-0.15, -0.1) is 0 Å². The molecule has 0 spiro atoms. The fraction of sp³-hybridized carbons (Fsp3) is 0.200. The number of rotatable bonds is 3. The number of carbonyl (C=O) groups is 1. The van der Waals surface area contributed by atoms with Crippen LogP contribution in [0.15, 0.2) is 51.7 Å². The van der Waals surface area contributed by atoms with Crippen LogP contribution >= 0.6 is 0 Å². The molecule has 0 saturated heterocycles. The maximum Gasteiger partial charge on any atom is 0.336 e. The van der Waals surface area contributed by atoms with Crippen LogP contribution in [-0.4, -0.2) is 5.91 Å². The minimum atomic E-state index is -0.408. The van der Waals surface area contributed by atoms with E-state index in [-0.39, 0.29) is 12.5 Å². The summed E-state index contributed by atoms with van der Waals surface area (Å²) in [5, 5.41) is 3.75. The predicted molar refractivity (Wildman–Crippen MR) is 94.3 cm³/mol. The molecule has 1 heterocycles. The summed E-state index contributed by atoms with van der Waals surface area (Å²) in [6, 6.07) is 12.8. The topological polar surface area (TPSA) is 59.3 Å². The second-order valence-corrected chi connectivity index (χ2v) is 6.05. The van der Waals surface area contributed by atoms with Gasteiger partial charge in [-0.2, -0.15) is 0 Å². The molecule has 1 amide bonds. The third kappa shape index (κ3) is 3.08. The summed E-state index contributed by atoms with van der Waals surface area (Å²) >= 11 is 0. The molecule has 0 atom stereocenters. The largest absolute Gasteiger partial charge is 0.422 e. The van der Waals surface area contributed by atoms with E-state index in [4.69, 9.17) is 4.42 Å². The Morgan fingerprint density at radius 3 is 2.54 bits per heavy atom. The SMILES string of the molecule is Cc1cc(C)c2oc(=O)cc(CNC(=O)c3ccccc3C)c2c1. The average molecular weight is 321 g/mol. The Labute approximate surface area is 140 Å². The van der Waals surface area contributed by atoms with Gasteiger partial charge in [-0.1, -0.05) is 24.3 Å². The first-order chi connectivity index (χ1) is 11.5. The lowest BCUT2D eigenvalue weighted by molar-refractivity contribution is 0.0950. The van der Waals surface area contributed by atoms with Crippen molar-refractivity contribution in [3.63, 3.8) is 0 Å². The molecule has 122 valence electrons. The highest BCUT2D eigenvalue weighted by atomic mass is 16.4. The normalized spacial score (nSPS) is 10.8. The smallest absolute Gasteiger partial charge is 0.336 e. The molecule has 3 rings (SSSR count). The second-order valence-electron chi connectivity index (χ2n) is 6.05. The van der Waals surface area contributed by atoms with Crippen molar-refractivity contribution in [2.24, 2.45) is 0 Å². The van der Waals surface area contributed by atoms with Crippen molar-refractivity contribution in [2.75, 3.05) is 0 Å². The van der Waals surface area contributed by atoms with E-state index in [1.807, 2.05) is 51.1 Å². The van der Waals surface area contributed by atoms with Gasteiger partial charge >= 0.3 is 5.63 Å². The van der Waals surface area contributed by atoms with Crippen LogP contribution < -0.4 is 10.9 Å². The number of aryl methyl sites for hydroxylation is 3. The molecule has 1 aromatic heterocycles. The van der Waals surface area contributed by atoms with Crippen LogP contribution in [0.3, 0.4) is 0 Å². The third-order valence-corrected chi connectivity index (χ3v) is 4.09. The first-order valence-electron chi connectivity index (χ1n) is 7.83. The fourth-order valence-corrected chi connectivity index (χ4v) is 2.92. The number of hydrogen-bond acceptors (Lipinski definition) is 3. The van der Waals surface area contributed by atoms with Crippen LogP contribution in [-0.2, 0) is 6.54 Å². The Hall–Kier alpha value is -2.88. The molecule has 0 radical (unpaired) electrons. The van der Waals surface area contributed by atoms with Gasteiger partial charge in [-0.05, 0) is 55.2 Å². The van der Waals surface area contributed by atoms with Crippen LogP contribution in [0.25, 0.3) is 11.0 Å². The zero-order chi connectivity index (χ0) is 17.3. The van der Waals surface area contributed by atoms with Crippen LogP contribution in [0, 0.1) is 20.8 Å². The van der Waals surface area contributed by atoms with Crippen molar-refractivity contribution >= 4 is 16.9 Å². The zero-order valence-corrected chi connectivity index (χ0v) is 14.0. The first kappa shape index (κ1) is 16.0. The van der Waals surface area contributed by atoms with E-state index >= 15 is 0 Å². The second kappa shape index (κ2) is 6.32. The van der Waals surface area contributed by atoms with Crippen molar-refractivity contribution in [1.82, 2.24) is 5.32 Å². The van der Waals surface area contributed by atoms with E-state index in [2.05, 4.69) is 5.32 Å². The number of amides is 1. The molecule has 1 N–H and O–H groups in total. The minimum absolute atomic E-state index is 0.154. The molecule has 24 heavy (non-hydrogen) atoms. The van der Waals surface area contributed by atoms with Gasteiger partial charge in [0.2, 0.25) is 0 Å². The van der Waals surface area contributed by atoms with Crippen LogP contribution in [0.4, 0.5) is 0 Å². The molecule has 0 aliphatic carbocycles. The number of carbonyl (C=O) groups excluding carboxylic acids is 1. The summed E-state index contributed by atoms with van der Waals surface area (Å²) in [5.74, 6) is -0.154. The average Bonchev–Trinajstić information content (AvgIpc) is 2.53. The molecule has 0 aliphatic rings. The van der Waals surface area contributed by atoms with Gasteiger partial charge in [0.1, 0.15) is 5.58 Å². The van der Waals surface area contributed by atoms with Gasteiger partial charge in [0.15, 0.2) is 0 Å². The van der Waals surface area contributed by atoms with Crippen molar-refractivity contribution < 1.29 is 9.21 Å². The Bertz CT molecular complexity index is 986. The maximum atomic E-state index is 12.4. The molecule has 0 fully saturated rings. The van der Waals surface area contributed by atoms with Crippen molar-refractivity contribution in [3.8, 4) is 0 Å². The van der Waals surface area contributed by atoms with Crippen LogP contribution in [0.5, 0.6) is 0 Å². The lowest BCUT2D eigenvalue weighted by atomic mass is 10.0. The number of hydrogen-bond donors (Lipinski definition) is 1. The van der Waals surface area contributed by atoms with Crippen LogP contribution in [0.1, 0.15) is 32.6 Å². The van der Waals surface area contributed by atoms with Gasteiger partial charge in [0.25, 0.3) is 5.91 Å². The number of fused-ring (bicyclic) bond motifs is 1. The number of benzene rings is 2. The molecular formula is C20H19NO3. The van der Waals surface area contributed by atoms with Gasteiger partial charge in [0, 0.05) is 23.6 Å². The fourth-order valence-electron chi connectivity index (χ4n) is 2.92. The third-order valence-electron chi connectivity index (χ3n) is 4.09. The van der Waals surface area contributed by atoms with Crippen LogP contribution in [0.2, 0.25) is 0 Å². The summed E-state index contributed by atoms with van der Waals surface area (Å²) in [4.78, 5) is 24.2. The lowest BCUT2D eigenvalue weighted by Gasteiger charge is -2.10. The van der Waals surface area contributed by atoms with Gasteiger partial charge < -0.3 is 9.73 Å². The molecule has 0 aliphatic heterocycles. The highest BCUT2D eigenvalue weighted by molar-refractivity contribution is 5.95. The Morgan fingerprint density at radius 1 is 1.04 bits per heavy atom. The standard InChI is InChI=1S/C20H19NO3/c1-12-8-14(3)19-17(9-12)15(10-18(22)24-19)11-21-20(23)16-7-5-4-6-13(16)2/h4-10H,11H2,1-3H3,(H,21,23). The summed E-state index contributed by atoms with van der Waals surface area (Å²) in [6.07, 6.45) is 0. The van der Waals surface area contributed by atoms with E-state index in [1.165, 1.54) is 6.07 Å². The minimum Gasteiger partial charge on any atom is -0.422 e. The monoisotopic (exact) mass is 321 g/mol. The molecule has 3 aromatic rings. The Balaban J connectivity index is 1.95. The number of nitrogens with one attached hydrogen (secondary N) is 1. The molecule has 0 unspecified atom stereocenters. The maximum absolute atomic E-state index is 12.4.